The van der Waals surface area contributed by atoms with E-state index in [9.17, 15) is 14.4 Å². The number of nitriles is 1. The minimum absolute atomic E-state index is 0.225. The van der Waals surface area contributed by atoms with Crippen LogP contribution in [0.2, 0.25) is 0 Å². The van der Waals surface area contributed by atoms with Crippen molar-refractivity contribution >= 4 is 11.6 Å². The van der Waals surface area contributed by atoms with Crippen molar-refractivity contribution in [3.05, 3.63) is 83.3 Å². The summed E-state index contributed by atoms with van der Waals surface area (Å²) in [5, 5.41) is 24.6. The molecule has 3 heterocycles. The molecule has 1 aromatic carbocycles. The maximum atomic E-state index is 13.6. The van der Waals surface area contributed by atoms with Crippen molar-refractivity contribution in [3.63, 3.8) is 0 Å². The van der Waals surface area contributed by atoms with Crippen molar-refractivity contribution in [2.24, 2.45) is 0 Å². The number of aromatic nitrogens is 6. The van der Waals surface area contributed by atoms with Crippen LogP contribution in [0.5, 0.6) is 0 Å². The summed E-state index contributed by atoms with van der Waals surface area (Å²) in [6, 6.07) is 9.91. The first kappa shape index (κ1) is 19.6. The molecule has 1 aliphatic carbocycles. The van der Waals surface area contributed by atoms with E-state index < -0.39 is 0 Å². The third kappa shape index (κ3) is 3.83. The molecule has 9 nitrogen and oxygen atoms in total. The van der Waals surface area contributed by atoms with Crippen LogP contribution in [0.25, 0.3) is 5.82 Å². The molecule has 1 saturated carbocycles. The van der Waals surface area contributed by atoms with Crippen LogP contribution >= 0.6 is 0 Å². The van der Waals surface area contributed by atoms with Crippen molar-refractivity contribution in [1.82, 2.24) is 29.8 Å². The van der Waals surface area contributed by atoms with E-state index in [1.807, 2.05) is 6.07 Å². The summed E-state index contributed by atoms with van der Waals surface area (Å²) < 4.78 is 15.3. The second kappa shape index (κ2) is 8.03. The highest BCUT2D eigenvalue weighted by atomic mass is 19.1. The number of carbonyl (C=O) groups excluding carboxylic acids is 1. The average molecular weight is 428 g/mol. The van der Waals surface area contributed by atoms with Gasteiger partial charge in [-0.3, -0.25) is 9.48 Å². The molecule has 1 aliphatic rings. The van der Waals surface area contributed by atoms with Gasteiger partial charge in [0.15, 0.2) is 5.82 Å². The van der Waals surface area contributed by atoms with E-state index in [4.69, 9.17) is 0 Å². The molecule has 4 aromatic rings. The van der Waals surface area contributed by atoms with E-state index in [0.29, 0.717) is 17.8 Å². The van der Waals surface area contributed by atoms with E-state index in [0.717, 1.165) is 24.1 Å². The molecule has 158 valence electrons. The minimum Gasteiger partial charge on any atom is -0.320 e. The zero-order chi connectivity index (χ0) is 22.1. The predicted molar refractivity (Wildman–Crippen MR) is 112 cm³/mol. The fourth-order valence-corrected chi connectivity index (χ4v) is 3.58. The Hall–Kier alpha value is -4.39. The summed E-state index contributed by atoms with van der Waals surface area (Å²) in [5.74, 6) is -0.131. The van der Waals surface area contributed by atoms with Crippen molar-refractivity contribution in [2.45, 2.75) is 25.3 Å². The van der Waals surface area contributed by atoms with Gasteiger partial charge in [-0.1, -0.05) is 12.1 Å². The number of carbonyl (C=O) groups is 1. The summed E-state index contributed by atoms with van der Waals surface area (Å²) in [5.41, 5.74) is 2.66. The maximum absolute atomic E-state index is 13.6. The largest absolute Gasteiger partial charge is 0.320 e. The Morgan fingerprint density at radius 3 is 2.72 bits per heavy atom. The molecule has 0 spiro atoms. The molecule has 32 heavy (non-hydrogen) atoms. The van der Waals surface area contributed by atoms with Crippen molar-refractivity contribution in [2.75, 3.05) is 5.32 Å². The highest BCUT2D eigenvalue weighted by molar-refractivity contribution is 6.05. The topological polar surface area (TPSA) is 114 Å². The first-order valence-corrected chi connectivity index (χ1v) is 10.0. The lowest BCUT2D eigenvalue weighted by atomic mass is 10.1. The number of halogens is 1. The molecule has 0 unspecified atom stereocenters. The number of anilines is 1. The molecule has 0 aliphatic heterocycles. The number of nitrogens with zero attached hydrogens (tertiary/aromatic N) is 7. The molecule has 5 rings (SSSR count). The quantitative estimate of drug-likeness (QED) is 0.505. The van der Waals surface area contributed by atoms with Crippen LogP contribution in [-0.4, -0.2) is 35.7 Å². The van der Waals surface area contributed by atoms with Gasteiger partial charge in [0.05, 0.1) is 48.3 Å². The van der Waals surface area contributed by atoms with Crippen LogP contribution in [0.15, 0.2) is 55.1 Å². The van der Waals surface area contributed by atoms with Crippen LogP contribution in [-0.2, 0) is 6.54 Å². The SMILES string of the molecule is N#Cc1cc(NC(=O)c2cnn(Cc3cccc(F)c3)c2C2CC2)cnc1-n1nccn1. The number of hydrogen-bond acceptors (Lipinski definition) is 6. The molecule has 0 bridgehead atoms. The van der Waals surface area contributed by atoms with Gasteiger partial charge >= 0.3 is 0 Å². The third-order valence-corrected chi connectivity index (χ3v) is 5.16. The standard InChI is InChI=1S/C22H17FN8O/c23-17-3-1-2-14(8-17)13-30-20(15-4-5-15)19(12-28-30)22(32)29-18-9-16(10-24)21(25-11-18)31-26-6-7-27-31/h1-3,6-9,11-12,15H,4-5,13H2,(H,29,32). The summed E-state index contributed by atoms with van der Waals surface area (Å²) in [4.78, 5) is 18.5. The zero-order valence-electron chi connectivity index (χ0n) is 16.8. The Kier molecular flexibility index (Phi) is 4.91. The highest BCUT2D eigenvalue weighted by Crippen LogP contribution is 2.42. The van der Waals surface area contributed by atoms with Gasteiger partial charge in [-0.2, -0.15) is 20.6 Å². The first-order chi connectivity index (χ1) is 15.6. The summed E-state index contributed by atoms with van der Waals surface area (Å²) in [6.45, 7) is 0.378. The first-order valence-electron chi connectivity index (χ1n) is 10.0. The van der Waals surface area contributed by atoms with Crippen LogP contribution in [0, 0.1) is 17.1 Å². The maximum Gasteiger partial charge on any atom is 0.259 e. The number of benzene rings is 1. The van der Waals surface area contributed by atoms with Crippen molar-refractivity contribution in [3.8, 4) is 11.9 Å². The van der Waals surface area contributed by atoms with E-state index in [1.165, 1.54) is 47.8 Å². The predicted octanol–water partition coefficient (Wildman–Crippen LogP) is 3.05. The second-order valence-electron chi connectivity index (χ2n) is 7.48. The summed E-state index contributed by atoms with van der Waals surface area (Å²) in [7, 11) is 0. The van der Waals surface area contributed by atoms with Crippen LogP contribution in [0.1, 0.15) is 45.9 Å². The molecule has 1 fully saturated rings. The smallest absolute Gasteiger partial charge is 0.259 e. The van der Waals surface area contributed by atoms with Gasteiger partial charge in [0.2, 0.25) is 0 Å². The summed E-state index contributed by atoms with van der Waals surface area (Å²) >= 11 is 0. The minimum atomic E-state index is -0.340. The molecular weight excluding hydrogens is 411 g/mol. The fraction of sp³-hybridized carbons (Fsp3) is 0.182. The molecular formula is C22H17FN8O. The van der Waals surface area contributed by atoms with E-state index in [2.05, 4.69) is 31.7 Å². The lowest BCUT2D eigenvalue weighted by molar-refractivity contribution is 0.102. The molecule has 10 heteroatoms. The van der Waals surface area contributed by atoms with Gasteiger partial charge in [0.1, 0.15) is 17.4 Å². The van der Waals surface area contributed by atoms with Gasteiger partial charge in [-0.05, 0) is 36.6 Å². The number of amides is 1. The van der Waals surface area contributed by atoms with Crippen LogP contribution in [0.3, 0.4) is 0 Å². The lowest BCUT2D eigenvalue weighted by Gasteiger charge is -2.10. The van der Waals surface area contributed by atoms with Gasteiger partial charge in [-0.25, -0.2) is 9.37 Å². The fourth-order valence-electron chi connectivity index (χ4n) is 3.58. The van der Waals surface area contributed by atoms with Gasteiger partial charge in [0.25, 0.3) is 5.91 Å². The van der Waals surface area contributed by atoms with Crippen molar-refractivity contribution < 1.29 is 9.18 Å². The Balaban J connectivity index is 1.40. The van der Waals surface area contributed by atoms with E-state index >= 15 is 0 Å². The van der Waals surface area contributed by atoms with Gasteiger partial charge in [-0.15, -0.1) is 4.80 Å². The Bertz CT molecular complexity index is 1330. The molecule has 0 atom stereocenters. The number of rotatable bonds is 6. The molecule has 1 N–H and O–H groups in total. The lowest BCUT2D eigenvalue weighted by Crippen LogP contribution is -2.16. The number of nitrogens with one attached hydrogen (secondary N) is 1. The van der Waals surface area contributed by atoms with Gasteiger partial charge in [0, 0.05) is 5.92 Å². The van der Waals surface area contributed by atoms with Crippen LogP contribution in [0.4, 0.5) is 10.1 Å². The number of hydrogen-bond donors (Lipinski definition) is 1. The zero-order valence-corrected chi connectivity index (χ0v) is 16.8. The number of pyridine rings is 1. The molecule has 3 aromatic heterocycles. The Morgan fingerprint density at radius 2 is 2.00 bits per heavy atom. The normalized spacial score (nSPS) is 13.0. The summed E-state index contributed by atoms with van der Waals surface area (Å²) in [6.07, 6.45) is 7.90. The average Bonchev–Trinajstić information content (AvgIpc) is 3.30. The Labute approximate surface area is 182 Å². The second-order valence-corrected chi connectivity index (χ2v) is 7.48. The Morgan fingerprint density at radius 1 is 1.19 bits per heavy atom. The van der Waals surface area contributed by atoms with E-state index in [-0.39, 0.29) is 29.0 Å². The molecule has 0 saturated heterocycles. The highest BCUT2D eigenvalue weighted by Gasteiger charge is 2.32. The van der Waals surface area contributed by atoms with Crippen LogP contribution < -0.4 is 5.32 Å². The monoisotopic (exact) mass is 428 g/mol. The van der Waals surface area contributed by atoms with Gasteiger partial charge < -0.3 is 5.32 Å². The van der Waals surface area contributed by atoms with E-state index in [1.54, 1.807) is 10.7 Å². The third-order valence-electron chi connectivity index (χ3n) is 5.16. The molecule has 1 amide bonds. The van der Waals surface area contributed by atoms with Crippen molar-refractivity contribution in [1.29, 1.82) is 5.26 Å². The molecule has 0 radical (unpaired) electrons.